The third kappa shape index (κ3) is 3.34. The van der Waals surface area contributed by atoms with Crippen LogP contribution >= 0.6 is 0 Å². The third-order valence-electron chi connectivity index (χ3n) is 6.80. The van der Waals surface area contributed by atoms with Crippen LogP contribution in [0, 0.1) is 11.3 Å². The molecule has 6 nitrogen and oxygen atoms in total. The lowest BCUT2D eigenvalue weighted by atomic mass is 9.88. The van der Waals surface area contributed by atoms with Crippen molar-refractivity contribution in [2.24, 2.45) is 0 Å². The Kier molecular flexibility index (Phi) is 4.87. The molecule has 0 amide bonds. The van der Waals surface area contributed by atoms with E-state index in [1.54, 1.807) is 6.33 Å². The number of benzene rings is 1. The molecule has 2 heterocycles. The van der Waals surface area contributed by atoms with Crippen molar-refractivity contribution in [2.45, 2.75) is 69.2 Å². The first kappa shape index (κ1) is 17.8. The van der Waals surface area contributed by atoms with Crippen LogP contribution in [0.3, 0.4) is 0 Å². The van der Waals surface area contributed by atoms with E-state index in [4.69, 9.17) is 4.74 Å². The molecule has 3 aliphatic rings. The van der Waals surface area contributed by atoms with E-state index >= 15 is 0 Å². The first-order chi connectivity index (χ1) is 13.8. The van der Waals surface area contributed by atoms with Gasteiger partial charge in [0.25, 0.3) is 0 Å². The lowest BCUT2D eigenvalue weighted by Gasteiger charge is -2.45. The fourth-order valence-electron chi connectivity index (χ4n) is 5.40. The first-order valence-corrected chi connectivity index (χ1v) is 10.6. The predicted molar refractivity (Wildman–Crippen MR) is 108 cm³/mol. The van der Waals surface area contributed by atoms with Crippen LogP contribution in [0.25, 0.3) is 10.9 Å². The molecular formula is C22H27N5O. The summed E-state index contributed by atoms with van der Waals surface area (Å²) in [6, 6.07) is 9.58. The predicted octanol–water partition coefficient (Wildman–Crippen LogP) is 3.48. The first-order valence-electron chi connectivity index (χ1n) is 10.6. The summed E-state index contributed by atoms with van der Waals surface area (Å²) in [5, 5.41) is 13.8. The smallest absolute Gasteiger partial charge is 0.137 e. The second kappa shape index (κ2) is 7.65. The summed E-state index contributed by atoms with van der Waals surface area (Å²) in [5.41, 5.74) is 1.53. The molecule has 28 heavy (non-hydrogen) atoms. The molecule has 6 heteroatoms. The quantitative estimate of drug-likeness (QED) is 0.883. The van der Waals surface area contributed by atoms with Gasteiger partial charge in [-0.3, -0.25) is 4.90 Å². The van der Waals surface area contributed by atoms with Crippen molar-refractivity contribution in [1.29, 1.82) is 5.26 Å². The van der Waals surface area contributed by atoms with Crippen LogP contribution in [0.5, 0.6) is 0 Å². The highest BCUT2D eigenvalue weighted by Gasteiger charge is 2.40. The fourth-order valence-corrected chi connectivity index (χ4v) is 5.40. The van der Waals surface area contributed by atoms with Gasteiger partial charge in [-0.2, -0.15) is 5.26 Å². The Morgan fingerprint density at radius 3 is 2.86 bits per heavy atom. The fraction of sp³-hybridized carbons (Fsp3) is 0.591. The van der Waals surface area contributed by atoms with Crippen LogP contribution in [0.4, 0.5) is 5.82 Å². The second-order valence-electron chi connectivity index (χ2n) is 8.36. The lowest BCUT2D eigenvalue weighted by Crippen LogP contribution is -2.54. The number of nitriles is 1. The van der Waals surface area contributed by atoms with Crippen molar-refractivity contribution in [3.05, 3.63) is 30.1 Å². The van der Waals surface area contributed by atoms with Gasteiger partial charge in [-0.1, -0.05) is 0 Å². The molecular weight excluding hydrogens is 350 g/mol. The number of anilines is 1. The Labute approximate surface area is 165 Å². The van der Waals surface area contributed by atoms with E-state index in [1.165, 1.54) is 32.1 Å². The number of ether oxygens (including phenoxy) is 1. The summed E-state index contributed by atoms with van der Waals surface area (Å²) in [5.74, 6) is 0.854. The third-order valence-corrected chi connectivity index (χ3v) is 6.80. The minimum atomic E-state index is 0.431. The van der Waals surface area contributed by atoms with E-state index in [0.29, 0.717) is 29.8 Å². The monoisotopic (exact) mass is 377 g/mol. The van der Waals surface area contributed by atoms with Crippen molar-refractivity contribution in [1.82, 2.24) is 14.9 Å². The van der Waals surface area contributed by atoms with Crippen LogP contribution in [-0.2, 0) is 4.74 Å². The molecule has 146 valence electrons. The van der Waals surface area contributed by atoms with Crippen molar-refractivity contribution in [3.8, 4) is 6.07 Å². The molecule has 2 aromatic rings. The van der Waals surface area contributed by atoms with Gasteiger partial charge in [0.2, 0.25) is 0 Å². The second-order valence-corrected chi connectivity index (χ2v) is 8.36. The molecule has 0 bridgehead atoms. The molecule has 2 atom stereocenters. The van der Waals surface area contributed by atoms with E-state index in [1.807, 2.05) is 18.2 Å². The van der Waals surface area contributed by atoms with Gasteiger partial charge in [0.05, 0.1) is 29.9 Å². The molecule has 1 aliphatic heterocycles. The zero-order valence-corrected chi connectivity index (χ0v) is 16.2. The maximum absolute atomic E-state index is 9.20. The normalized spacial score (nSPS) is 30.7. The Bertz CT molecular complexity index is 886. The highest BCUT2D eigenvalue weighted by atomic mass is 16.5. The van der Waals surface area contributed by atoms with Gasteiger partial charge in [-0.15, -0.1) is 0 Å². The lowest BCUT2D eigenvalue weighted by molar-refractivity contribution is -0.0767. The summed E-state index contributed by atoms with van der Waals surface area (Å²) >= 11 is 0. The van der Waals surface area contributed by atoms with E-state index in [0.717, 1.165) is 42.7 Å². The highest BCUT2D eigenvalue weighted by molar-refractivity contribution is 5.89. The Morgan fingerprint density at radius 1 is 1.11 bits per heavy atom. The van der Waals surface area contributed by atoms with Crippen molar-refractivity contribution in [2.75, 3.05) is 18.5 Å². The van der Waals surface area contributed by atoms with Crippen LogP contribution < -0.4 is 5.32 Å². The SMILES string of the molecule is N#Cc1ccc2ncnc(N[C@H]3CC[C@H](N4CCOC5CCCC54)CC3)c2c1. The van der Waals surface area contributed by atoms with Gasteiger partial charge in [0.15, 0.2) is 0 Å². The number of morpholine rings is 1. The number of nitrogens with one attached hydrogen (secondary N) is 1. The standard InChI is InChI=1S/C22H27N5O/c23-13-15-4-9-19-18(12-15)22(25-14-24-19)26-16-5-7-17(8-6-16)27-10-11-28-21-3-1-2-20(21)27/h4,9,12,14,16-17,20-21H,1-3,5-8,10-11H2,(H,24,25,26)/t16-,17-,20?,21?. The Morgan fingerprint density at radius 2 is 2.00 bits per heavy atom. The average Bonchev–Trinajstić information content (AvgIpc) is 3.23. The van der Waals surface area contributed by atoms with Crippen LogP contribution in [0.2, 0.25) is 0 Å². The summed E-state index contributed by atoms with van der Waals surface area (Å²) in [4.78, 5) is 11.6. The van der Waals surface area contributed by atoms with Crippen LogP contribution in [0.15, 0.2) is 24.5 Å². The molecule has 2 unspecified atom stereocenters. The summed E-state index contributed by atoms with van der Waals surface area (Å²) in [6.07, 6.45) is 10.7. The zero-order valence-electron chi connectivity index (χ0n) is 16.2. The van der Waals surface area contributed by atoms with E-state index < -0.39 is 0 Å². The number of rotatable bonds is 3. The van der Waals surface area contributed by atoms with E-state index in [9.17, 15) is 5.26 Å². The largest absolute Gasteiger partial charge is 0.375 e. The van der Waals surface area contributed by atoms with Crippen LogP contribution in [0.1, 0.15) is 50.5 Å². The van der Waals surface area contributed by atoms with Crippen molar-refractivity contribution >= 4 is 16.7 Å². The minimum absolute atomic E-state index is 0.431. The highest BCUT2D eigenvalue weighted by Crippen LogP contribution is 2.35. The van der Waals surface area contributed by atoms with Crippen molar-refractivity contribution < 1.29 is 4.74 Å². The molecule has 1 aromatic carbocycles. The van der Waals surface area contributed by atoms with E-state index in [-0.39, 0.29) is 0 Å². The average molecular weight is 377 g/mol. The molecule has 0 radical (unpaired) electrons. The molecule has 5 rings (SSSR count). The summed E-state index contributed by atoms with van der Waals surface area (Å²) < 4.78 is 5.99. The summed E-state index contributed by atoms with van der Waals surface area (Å²) in [6.45, 7) is 1.99. The van der Waals surface area contributed by atoms with Gasteiger partial charge >= 0.3 is 0 Å². The maximum Gasteiger partial charge on any atom is 0.137 e. The van der Waals surface area contributed by atoms with Gasteiger partial charge in [0, 0.05) is 30.1 Å². The molecule has 1 N–H and O–H groups in total. The number of nitrogens with zero attached hydrogens (tertiary/aromatic N) is 4. The molecule has 1 aromatic heterocycles. The van der Waals surface area contributed by atoms with Gasteiger partial charge in [0.1, 0.15) is 12.1 Å². The minimum Gasteiger partial charge on any atom is -0.375 e. The Hall–Kier alpha value is -2.23. The number of hydrogen-bond acceptors (Lipinski definition) is 6. The maximum atomic E-state index is 9.20. The molecule has 2 aliphatic carbocycles. The topological polar surface area (TPSA) is 74.1 Å². The molecule has 0 spiro atoms. The van der Waals surface area contributed by atoms with Crippen LogP contribution in [-0.4, -0.2) is 52.2 Å². The van der Waals surface area contributed by atoms with E-state index in [2.05, 4.69) is 26.3 Å². The van der Waals surface area contributed by atoms with Crippen molar-refractivity contribution in [3.63, 3.8) is 0 Å². The van der Waals surface area contributed by atoms with Gasteiger partial charge < -0.3 is 10.1 Å². The molecule has 2 saturated carbocycles. The van der Waals surface area contributed by atoms with Gasteiger partial charge in [-0.05, 0) is 63.1 Å². The Balaban J connectivity index is 1.25. The number of hydrogen-bond donors (Lipinski definition) is 1. The molecule has 1 saturated heterocycles. The number of fused-ring (bicyclic) bond motifs is 2. The molecule has 3 fully saturated rings. The summed E-state index contributed by atoms with van der Waals surface area (Å²) in [7, 11) is 0. The van der Waals surface area contributed by atoms with Gasteiger partial charge in [-0.25, -0.2) is 9.97 Å². The number of aromatic nitrogens is 2. The zero-order chi connectivity index (χ0) is 18.9.